The van der Waals surface area contributed by atoms with E-state index < -0.39 is 29.7 Å². The lowest BCUT2D eigenvalue weighted by atomic mass is 9.97. The molecule has 0 aromatic heterocycles. The number of aromatic hydroxyl groups is 1. The van der Waals surface area contributed by atoms with Crippen LogP contribution >= 0.6 is 0 Å². The molecule has 4 aromatic carbocycles. The van der Waals surface area contributed by atoms with Crippen LogP contribution in [0.1, 0.15) is 33.9 Å². The molecule has 44 heavy (non-hydrogen) atoms. The Labute approximate surface area is 252 Å². The van der Waals surface area contributed by atoms with Gasteiger partial charge in [-0.3, -0.25) is 9.59 Å². The number of ether oxygens (including phenoxy) is 4. The predicted octanol–water partition coefficient (Wildman–Crippen LogP) is 6.81. The molecule has 0 radical (unpaired) electrons. The molecule has 0 bridgehead atoms. The van der Waals surface area contributed by atoms with Gasteiger partial charge < -0.3 is 29.4 Å². The normalized spacial score (nSPS) is 11.8. The van der Waals surface area contributed by atoms with E-state index >= 15 is 0 Å². The third-order valence-corrected chi connectivity index (χ3v) is 7.00. The van der Waals surface area contributed by atoms with E-state index in [9.17, 15) is 27.9 Å². The van der Waals surface area contributed by atoms with Gasteiger partial charge >= 0.3 is 12.1 Å². The van der Waals surface area contributed by atoms with E-state index in [0.717, 1.165) is 23.3 Å². The molecule has 0 saturated carbocycles. The number of hydrogen-bond donors (Lipinski definition) is 2. The zero-order valence-electron chi connectivity index (χ0n) is 24.3. The van der Waals surface area contributed by atoms with Crippen molar-refractivity contribution in [2.24, 2.45) is 0 Å². The van der Waals surface area contributed by atoms with Crippen LogP contribution in [0.2, 0.25) is 0 Å². The Kier molecular flexibility index (Phi) is 9.67. The molecule has 4 rings (SSSR count). The molecule has 4 aromatic rings. The quantitative estimate of drug-likeness (QED) is 0.191. The van der Waals surface area contributed by atoms with Gasteiger partial charge in [-0.2, -0.15) is 13.2 Å². The highest BCUT2D eigenvalue weighted by Gasteiger charge is 2.30. The van der Waals surface area contributed by atoms with Crippen LogP contribution < -0.4 is 19.5 Å². The number of benzene rings is 4. The van der Waals surface area contributed by atoms with Crippen LogP contribution in [0.25, 0.3) is 22.3 Å². The van der Waals surface area contributed by atoms with Crippen molar-refractivity contribution in [3.63, 3.8) is 0 Å². The Balaban J connectivity index is 1.62. The summed E-state index contributed by atoms with van der Waals surface area (Å²) in [6, 6.07) is 18.4. The van der Waals surface area contributed by atoms with Gasteiger partial charge in [0.15, 0.2) is 11.5 Å². The molecule has 230 valence electrons. The van der Waals surface area contributed by atoms with Crippen LogP contribution in [0.4, 0.5) is 13.2 Å². The molecule has 11 heteroatoms. The third-order valence-electron chi connectivity index (χ3n) is 7.00. The number of esters is 1. The average molecular weight is 610 g/mol. The molecule has 0 aliphatic carbocycles. The van der Waals surface area contributed by atoms with Crippen LogP contribution in [0.15, 0.2) is 78.9 Å². The first kappa shape index (κ1) is 31.7. The summed E-state index contributed by atoms with van der Waals surface area (Å²) >= 11 is 0. The summed E-state index contributed by atoms with van der Waals surface area (Å²) in [6.45, 7) is 0. The molecular weight excluding hydrogens is 579 g/mol. The van der Waals surface area contributed by atoms with Gasteiger partial charge in [-0.1, -0.05) is 42.5 Å². The van der Waals surface area contributed by atoms with Crippen molar-refractivity contribution in [3.8, 4) is 45.3 Å². The zero-order valence-corrected chi connectivity index (χ0v) is 24.3. The fourth-order valence-electron chi connectivity index (χ4n) is 4.64. The molecule has 0 aliphatic rings. The smallest absolute Gasteiger partial charge is 0.416 e. The monoisotopic (exact) mass is 609 g/mol. The molecule has 1 atom stereocenters. The van der Waals surface area contributed by atoms with Gasteiger partial charge in [-0.05, 0) is 64.2 Å². The fraction of sp³-hybridized carbons (Fsp3) is 0.212. The highest BCUT2D eigenvalue weighted by Crippen LogP contribution is 2.41. The number of carbonyl (C=O) groups is 2. The largest absolute Gasteiger partial charge is 0.507 e. The Morgan fingerprint density at radius 3 is 1.82 bits per heavy atom. The van der Waals surface area contributed by atoms with Gasteiger partial charge in [-0.25, -0.2) is 0 Å². The molecule has 0 fully saturated rings. The van der Waals surface area contributed by atoms with E-state index in [1.807, 2.05) is 0 Å². The predicted molar refractivity (Wildman–Crippen MR) is 157 cm³/mol. The summed E-state index contributed by atoms with van der Waals surface area (Å²) in [5, 5.41) is 13.2. The maximum Gasteiger partial charge on any atom is 0.416 e. The van der Waals surface area contributed by atoms with Crippen LogP contribution in [-0.2, 0) is 15.7 Å². The SMILES string of the molecule is COC(=O)CC(NC(=O)c1cc(-c2ccc(C(F)(F)F)cc2)ccc1O)c1ccc(-c2cc(OC)c(OC)c(OC)c2)cc1. The lowest BCUT2D eigenvalue weighted by Crippen LogP contribution is -2.30. The maximum atomic E-state index is 13.4. The molecule has 0 heterocycles. The Morgan fingerprint density at radius 2 is 1.30 bits per heavy atom. The van der Waals surface area contributed by atoms with E-state index in [-0.39, 0.29) is 17.7 Å². The number of alkyl halides is 3. The Bertz CT molecular complexity index is 1610. The molecular formula is C33H30F3NO7. The van der Waals surface area contributed by atoms with Gasteiger partial charge in [0.2, 0.25) is 5.75 Å². The van der Waals surface area contributed by atoms with Gasteiger partial charge in [0, 0.05) is 0 Å². The van der Waals surface area contributed by atoms with Crippen molar-refractivity contribution >= 4 is 11.9 Å². The number of nitrogens with one attached hydrogen (secondary N) is 1. The van der Waals surface area contributed by atoms with Crippen molar-refractivity contribution < 1.29 is 46.8 Å². The van der Waals surface area contributed by atoms with Gasteiger partial charge in [0.25, 0.3) is 5.91 Å². The molecule has 0 saturated heterocycles. The molecule has 2 N–H and O–H groups in total. The number of halogens is 3. The van der Waals surface area contributed by atoms with Gasteiger partial charge in [0.1, 0.15) is 5.75 Å². The Hall–Kier alpha value is -5.19. The van der Waals surface area contributed by atoms with E-state index in [1.54, 1.807) is 36.4 Å². The van der Waals surface area contributed by atoms with E-state index in [4.69, 9.17) is 18.9 Å². The van der Waals surface area contributed by atoms with Crippen molar-refractivity contribution in [3.05, 3.63) is 95.6 Å². The minimum Gasteiger partial charge on any atom is -0.507 e. The molecule has 1 amide bonds. The average Bonchev–Trinajstić information content (AvgIpc) is 3.03. The van der Waals surface area contributed by atoms with Crippen molar-refractivity contribution in [1.29, 1.82) is 0 Å². The van der Waals surface area contributed by atoms with E-state index in [0.29, 0.717) is 33.9 Å². The number of carbonyl (C=O) groups excluding carboxylic acids is 2. The van der Waals surface area contributed by atoms with E-state index in [2.05, 4.69) is 5.32 Å². The first-order valence-corrected chi connectivity index (χ1v) is 13.3. The number of methoxy groups -OCH3 is 4. The summed E-state index contributed by atoms with van der Waals surface area (Å²) in [7, 11) is 5.77. The number of amides is 1. The number of phenols is 1. The summed E-state index contributed by atoms with van der Waals surface area (Å²) in [4.78, 5) is 25.6. The van der Waals surface area contributed by atoms with Gasteiger partial charge in [0.05, 0.1) is 52.0 Å². The van der Waals surface area contributed by atoms with Crippen LogP contribution in [-0.4, -0.2) is 45.4 Å². The highest BCUT2D eigenvalue weighted by atomic mass is 19.4. The summed E-state index contributed by atoms with van der Waals surface area (Å²) in [5.74, 6) is -0.222. The lowest BCUT2D eigenvalue weighted by molar-refractivity contribution is -0.141. The van der Waals surface area contributed by atoms with Crippen LogP contribution in [0.3, 0.4) is 0 Å². The standard InChI is InChI=1S/C33H30F3NO7/c1-41-28-16-23(17-29(42-2)31(28)44-4)20-5-7-21(8-6-20)26(18-30(39)43-3)37-32(40)25-15-22(11-14-27(25)38)19-9-12-24(13-10-19)33(34,35)36/h5-17,26,38H,18H2,1-4H3,(H,37,40). The first-order chi connectivity index (χ1) is 21.0. The first-order valence-electron chi connectivity index (χ1n) is 13.3. The van der Waals surface area contributed by atoms with Crippen molar-refractivity contribution in [2.75, 3.05) is 28.4 Å². The van der Waals surface area contributed by atoms with Crippen LogP contribution in [0.5, 0.6) is 23.0 Å². The minimum atomic E-state index is -4.49. The number of phenolic OH excluding ortho intramolecular Hbond substituents is 1. The molecule has 0 spiro atoms. The molecule has 8 nitrogen and oxygen atoms in total. The molecule has 0 aliphatic heterocycles. The minimum absolute atomic E-state index is 0.119. The molecule has 1 unspecified atom stereocenters. The second kappa shape index (κ2) is 13.4. The summed E-state index contributed by atoms with van der Waals surface area (Å²) in [5.41, 5.74) is 2.05. The summed E-state index contributed by atoms with van der Waals surface area (Å²) in [6.07, 6.45) is -4.69. The van der Waals surface area contributed by atoms with Gasteiger partial charge in [-0.15, -0.1) is 0 Å². The second-order valence-electron chi connectivity index (χ2n) is 9.65. The zero-order chi connectivity index (χ0) is 32.0. The number of rotatable bonds is 10. The number of hydrogen-bond acceptors (Lipinski definition) is 7. The topological polar surface area (TPSA) is 103 Å². The van der Waals surface area contributed by atoms with Crippen molar-refractivity contribution in [1.82, 2.24) is 5.32 Å². The maximum absolute atomic E-state index is 13.4. The second-order valence-corrected chi connectivity index (χ2v) is 9.65. The lowest BCUT2D eigenvalue weighted by Gasteiger charge is -2.20. The highest BCUT2D eigenvalue weighted by molar-refractivity contribution is 5.98. The summed E-state index contributed by atoms with van der Waals surface area (Å²) < 4.78 is 60.1. The van der Waals surface area contributed by atoms with E-state index in [1.165, 1.54) is 58.8 Å². The third kappa shape index (κ3) is 7.05. The van der Waals surface area contributed by atoms with Crippen LogP contribution in [0, 0.1) is 0 Å². The van der Waals surface area contributed by atoms with Crippen molar-refractivity contribution in [2.45, 2.75) is 18.6 Å². The fourth-order valence-corrected chi connectivity index (χ4v) is 4.64. The Morgan fingerprint density at radius 1 is 0.750 bits per heavy atom.